The quantitative estimate of drug-likeness (QED) is 0.821. The highest BCUT2D eigenvalue weighted by atomic mass is 15.2. The van der Waals surface area contributed by atoms with Crippen molar-refractivity contribution in [3.05, 3.63) is 42.2 Å². The molecule has 2 aromatic rings. The lowest BCUT2D eigenvalue weighted by atomic mass is 9.91. The first kappa shape index (κ1) is 12.0. The molecule has 0 unspecified atom stereocenters. The van der Waals surface area contributed by atoms with Crippen LogP contribution in [0.4, 0.5) is 5.95 Å². The zero-order valence-electron chi connectivity index (χ0n) is 11.0. The second kappa shape index (κ2) is 5.30. The Morgan fingerprint density at radius 1 is 1.11 bits per heavy atom. The van der Waals surface area contributed by atoms with E-state index in [1.807, 2.05) is 12.3 Å². The van der Waals surface area contributed by atoms with Crippen LogP contribution in [0.15, 0.2) is 31.0 Å². The number of rotatable bonds is 2. The minimum Gasteiger partial charge on any atom is -0.341 e. The van der Waals surface area contributed by atoms with Gasteiger partial charge in [0.05, 0.1) is 0 Å². The van der Waals surface area contributed by atoms with E-state index in [0.717, 1.165) is 31.9 Å². The summed E-state index contributed by atoms with van der Waals surface area (Å²) in [5.41, 5.74) is 2.39. The van der Waals surface area contributed by atoms with Crippen molar-refractivity contribution >= 4 is 5.95 Å². The normalized spacial score (nSPS) is 16.6. The third kappa shape index (κ3) is 2.54. The second-order valence-corrected chi connectivity index (χ2v) is 4.90. The van der Waals surface area contributed by atoms with Crippen LogP contribution in [-0.4, -0.2) is 33.0 Å². The fourth-order valence-electron chi connectivity index (χ4n) is 2.64. The van der Waals surface area contributed by atoms with Crippen molar-refractivity contribution in [3.8, 4) is 0 Å². The molecule has 3 heterocycles. The van der Waals surface area contributed by atoms with E-state index < -0.39 is 0 Å². The summed E-state index contributed by atoms with van der Waals surface area (Å²) in [6, 6.07) is 1.85. The number of anilines is 1. The molecule has 1 aliphatic heterocycles. The molecule has 1 saturated heterocycles. The van der Waals surface area contributed by atoms with Crippen LogP contribution in [0.2, 0.25) is 0 Å². The van der Waals surface area contributed by atoms with Crippen LogP contribution >= 0.6 is 0 Å². The Hall–Kier alpha value is -2.04. The summed E-state index contributed by atoms with van der Waals surface area (Å²) in [5, 5.41) is 0. The first-order valence-electron chi connectivity index (χ1n) is 6.63. The Labute approximate surface area is 112 Å². The van der Waals surface area contributed by atoms with Gasteiger partial charge in [0, 0.05) is 43.3 Å². The van der Waals surface area contributed by atoms with E-state index in [4.69, 9.17) is 0 Å². The number of piperidine rings is 1. The summed E-state index contributed by atoms with van der Waals surface area (Å²) in [7, 11) is 0. The van der Waals surface area contributed by atoms with Crippen molar-refractivity contribution < 1.29 is 0 Å². The van der Waals surface area contributed by atoms with Gasteiger partial charge in [-0.05, 0) is 31.4 Å². The molecule has 0 N–H and O–H groups in total. The molecule has 1 fully saturated rings. The number of aryl methyl sites for hydroxylation is 1. The number of hydrogen-bond donors (Lipinski definition) is 0. The molecule has 98 valence electrons. The van der Waals surface area contributed by atoms with Gasteiger partial charge in [-0.3, -0.25) is 0 Å². The van der Waals surface area contributed by atoms with E-state index in [9.17, 15) is 0 Å². The summed E-state index contributed by atoms with van der Waals surface area (Å²) in [5.74, 6) is 1.36. The highest BCUT2D eigenvalue weighted by Gasteiger charge is 2.23. The molecule has 5 nitrogen and oxygen atoms in total. The maximum absolute atomic E-state index is 4.44. The van der Waals surface area contributed by atoms with Crippen molar-refractivity contribution in [3.63, 3.8) is 0 Å². The molecule has 0 aliphatic carbocycles. The first-order valence-corrected chi connectivity index (χ1v) is 6.63. The zero-order chi connectivity index (χ0) is 13.1. The monoisotopic (exact) mass is 255 g/mol. The topological polar surface area (TPSA) is 54.8 Å². The van der Waals surface area contributed by atoms with Gasteiger partial charge < -0.3 is 4.90 Å². The molecule has 0 atom stereocenters. The van der Waals surface area contributed by atoms with Gasteiger partial charge in [0.2, 0.25) is 5.95 Å². The maximum Gasteiger partial charge on any atom is 0.225 e. The molecule has 0 bridgehead atoms. The Morgan fingerprint density at radius 3 is 2.53 bits per heavy atom. The fraction of sp³-hybridized carbons (Fsp3) is 0.429. The molecule has 0 aromatic carbocycles. The standard InChI is InChI=1S/C14H17N5/c1-11-9-15-10-18-13(11)12-3-7-19(8-4-12)14-16-5-2-6-17-14/h2,5-6,9-10,12H,3-4,7-8H2,1H3. The van der Waals surface area contributed by atoms with Crippen LogP contribution in [0.1, 0.15) is 30.0 Å². The Kier molecular flexibility index (Phi) is 3.35. The van der Waals surface area contributed by atoms with Gasteiger partial charge in [-0.25, -0.2) is 19.9 Å². The molecule has 0 spiro atoms. The number of nitrogens with zero attached hydrogens (tertiary/aromatic N) is 5. The Balaban J connectivity index is 1.69. The third-order valence-corrected chi connectivity index (χ3v) is 3.65. The minimum absolute atomic E-state index is 0.531. The molecule has 19 heavy (non-hydrogen) atoms. The summed E-state index contributed by atoms with van der Waals surface area (Å²) < 4.78 is 0. The minimum atomic E-state index is 0.531. The van der Waals surface area contributed by atoms with Crippen LogP contribution < -0.4 is 4.90 Å². The molecule has 0 radical (unpaired) electrons. The van der Waals surface area contributed by atoms with Crippen molar-refractivity contribution in [2.45, 2.75) is 25.7 Å². The van der Waals surface area contributed by atoms with Gasteiger partial charge >= 0.3 is 0 Å². The van der Waals surface area contributed by atoms with Crippen LogP contribution in [-0.2, 0) is 0 Å². The maximum atomic E-state index is 4.44. The average Bonchev–Trinajstić information content (AvgIpc) is 2.49. The summed E-state index contributed by atoms with van der Waals surface area (Å²) in [6.45, 7) is 4.05. The predicted octanol–water partition coefficient (Wildman–Crippen LogP) is 1.96. The second-order valence-electron chi connectivity index (χ2n) is 4.90. The van der Waals surface area contributed by atoms with Gasteiger partial charge in [-0.2, -0.15) is 0 Å². The Morgan fingerprint density at radius 2 is 1.84 bits per heavy atom. The van der Waals surface area contributed by atoms with Crippen molar-refractivity contribution in [2.24, 2.45) is 0 Å². The lowest BCUT2D eigenvalue weighted by Crippen LogP contribution is -2.34. The predicted molar refractivity (Wildman–Crippen MR) is 73.0 cm³/mol. The fourth-order valence-corrected chi connectivity index (χ4v) is 2.64. The van der Waals surface area contributed by atoms with Gasteiger partial charge in [0.1, 0.15) is 6.33 Å². The van der Waals surface area contributed by atoms with Crippen LogP contribution in [0.5, 0.6) is 0 Å². The first-order chi connectivity index (χ1) is 9.34. The van der Waals surface area contributed by atoms with Gasteiger partial charge in [0.25, 0.3) is 0 Å². The van der Waals surface area contributed by atoms with Crippen LogP contribution in [0, 0.1) is 6.92 Å². The lowest BCUT2D eigenvalue weighted by molar-refractivity contribution is 0.488. The average molecular weight is 255 g/mol. The molecule has 0 saturated carbocycles. The number of hydrogen-bond acceptors (Lipinski definition) is 5. The highest BCUT2D eigenvalue weighted by molar-refractivity contribution is 5.30. The zero-order valence-corrected chi connectivity index (χ0v) is 11.0. The van der Waals surface area contributed by atoms with E-state index in [1.54, 1.807) is 18.7 Å². The van der Waals surface area contributed by atoms with Crippen LogP contribution in [0.3, 0.4) is 0 Å². The van der Waals surface area contributed by atoms with Gasteiger partial charge in [-0.1, -0.05) is 0 Å². The van der Waals surface area contributed by atoms with Crippen molar-refractivity contribution in [2.75, 3.05) is 18.0 Å². The summed E-state index contributed by atoms with van der Waals surface area (Å²) in [4.78, 5) is 19.4. The van der Waals surface area contributed by atoms with E-state index in [2.05, 4.69) is 31.8 Å². The van der Waals surface area contributed by atoms with Crippen molar-refractivity contribution in [1.82, 2.24) is 19.9 Å². The smallest absolute Gasteiger partial charge is 0.225 e. The largest absolute Gasteiger partial charge is 0.341 e. The Bertz CT molecular complexity index is 535. The van der Waals surface area contributed by atoms with Gasteiger partial charge in [0.15, 0.2) is 0 Å². The molecular weight excluding hydrogens is 238 g/mol. The summed E-state index contributed by atoms with van der Waals surface area (Å²) >= 11 is 0. The van der Waals surface area contributed by atoms with Gasteiger partial charge in [-0.15, -0.1) is 0 Å². The molecule has 1 aliphatic rings. The molecule has 0 amide bonds. The van der Waals surface area contributed by atoms with E-state index >= 15 is 0 Å². The SMILES string of the molecule is Cc1cncnc1C1CCN(c2ncccn2)CC1. The summed E-state index contributed by atoms with van der Waals surface area (Å²) in [6.07, 6.45) is 9.32. The molecule has 5 heteroatoms. The van der Waals surface area contributed by atoms with Crippen LogP contribution in [0.25, 0.3) is 0 Å². The third-order valence-electron chi connectivity index (χ3n) is 3.65. The molecular formula is C14H17N5. The highest BCUT2D eigenvalue weighted by Crippen LogP contribution is 2.29. The van der Waals surface area contributed by atoms with E-state index in [1.165, 1.54) is 11.3 Å². The molecule has 2 aromatic heterocycles. The van der Waals surface area contributed by atoms with E-state index in [-0.39, 0.29) is 0 Å². The van der Waals surface area contributed by atoms with Crippen molar-refractivity contribution in [1.29, 1.82) is 0 Å². The van der Waals surface area contributed by atoms with E-state index in [0.29, 0.717) is 5.92 Å². The lowest BCUT2D eigenvalue weighted by Gasteiger charge is -2.32. The molecule has 3 rings (SSSR count). The number of aromatic nitrogens is 4.